The number of thioether (sulfide) groups is 1. The lowest BCUT2D eigenvalue weighted by Gasteiger charge is -2.18. The Balaban J connectivity index is 2.30. The van der Waals surface area contributed by atoms with Crippen LogP contribution in [0.2, 0.25) is 0 Å². The summed E-state index contributed by atoms with van der Waals surface area (Å²) in [7, 11) is -3.37. The highest BCUT2D eigenvalue weighted by molar-refractivity contribution is 7.99. The van der Waals surface area contributed by atoms with Crippen LogP contribution in [-0.2, 0) is 22.4 Å². The summed E-state index contributed by atoms with van der Waals surface area (Å²) in [5, 5.41) is 0. The highest BCUT2D eigenvalue weighted by atomic mass is 35.5. The van der Waals surface area contributed by atoms with E-state index in [0.717, 1.165) is 30.2 Å². The third-order valence-electron chi connectivity index (χ3n) is 3.26. The Labute approximate surface area is 124 Å². The first-order valence-corrected chi connectivity index (χ1v) is 9.55. The van der Waals surface area contributed by atoms with Crippen LogP contribution < -0.4 is 0 Å². The average molecular weight is 323 g/mol. The predicted octanol–water partition coefficient (Wildman–Crippen LogP) is 2.37. The van der Waals surface area contributed by atoms with Gasteiger partial charge in [-0.25, -0.2) is 8.42 Å². The van der Waals surface area contributed by atoms with Gasteiger partial charge >= 0.3 is 0 Å². The summed E-state index contributed by atoms with van der Waals surface area (Å²) >= 11 is 7.67. The zero-order valence-electron chi connectivity index (χ0n) is 11.0. The second-order valence-corrected chi connectivity index (χ2v) is 7.89. The number of hydrogen-bond donors (Lipinski definition) is 0. The van der Waals surface area contributed by atoms with Gasteiger partial charge in [0.25, 0.3) is 0 Å². The molecule has 2 rings (SSSR count). The molecular formula is C12H19ClN2O2S2. The lowest BCUT2D eigenvalue weighted by atomic mass is 10.5. The maximum absolute atomic E-state index is 12.6. The summed E-state index contributed by atoms with van der Waals surface area (Å²) < 4.78 is 28.7. The van der Waals surface area contributed by atoms with Gasteiger partial charge in [-0.05, 0) is 25.2 Å². The quantitative estimate of drug-likeness (QED) is 0.799. The van der Waals surface area contributed by atoms with Crippen LogP contribution >= 0.6 is 23.4 Å². The molecule has 0 atom stereocenters. The number of rotatable bonds is 4. The molecule has 0 aliphatic carbocycles. The van der Waals surface area contributed by atoms with Gasteiger partial charge in [0.05, 0.1) is 5.88 Å². The minimum absolute atomic E-state index is 0.333. The van der Waals surface area contributed by atoms with Crippen molar-refractivity contribution in [1.82, 2.24) is 8.87 Å². The van der Waals surface area contributed by atoms with Gasteiger partial charge in [-0.1, -0.05) is 0 Å². The Morgan fingerprint density at radius 2 is 2.16 bits per heavy atom. The molecule has 0 amide bonds. The van der Waals surface area contributed by atoms with Crippen molar-refractivity contribution in [3.05, 3.63) is 18.0 Å². The highest BCUT2D eigenvalue weighted by Gasteiger charge is 2.26. The molecule has 2 heterocycles. The van der Waals surface area contributed by atoms with Crippen molar-refractivity contribution in [3.63, 3.8) is 0 Å². The third-order valence-corrected chi connectivity index (χ3v) is 6.44. The van der Waals surface area contributed by atoms with Crippen molar-refractivity contribution in [1.29, 1.82) is 0 Å². The van der Waals surface area contributed by atoms with Crippen molar-refractivity contribution in [2.24, 2.45) is 0 Å². The topological polar surface area (TPSA) is 42.3 Å². The van der Waals surface area contributed by atoms with Gasteiger partial charge in [0.2, 0.25) is 10.0 Å². The molecule has 0 saturated carbocycles. The van der Waals surface area contributed by atoms with Crippen molar-refractivity contribution in [3.8, 4) is 0 Å². The van der Waals surface area contributed by atoms with Gasteiger partial charge in [-0.15, -0.1) is 11.6 Å². The fourth-order valence-corrected chi connectivity index (χ4v) is 4.96. The molecule has 1 fully saturated rings. The molecule has 0 unspecified atom stereocenters. The first-order valence-electron chi connectivity index (χ1n) is 6.42. The summed E-state index contributed by atoms with van der Waals surface area (Å²) in [6, 6.07) is 1.70. The highest BCUT2D eigenvalue weighted by Crippen LogP contribution is 2.22. The first kappa shape index (κ1) is 15.2. The Bertz CT molecular complexity index is 498. The molecule has 1 aromatic rings. The van der Waals surface area contributed by atoms with E-state index in [-0.39, 0.29) is 0 Å². The van der Waals surface area contributed by atoms with E-state index in [0.29, 0.717) is 23.9 Å². The lowest BCUT2D eigenvalue weighted by molar-refractivity contribution is 0.435. The zero-order valence-corrected chi connectivity index (χ0v) is 13.4. The number of hydrogen-bond acceptors (Lipinski definition) is 3. The molecule has 1 aliphatic rings. The summed E-state index contributed by atoms with van der Waals surface area (Å²) in [6.45, 7) is 3.92. The van der Waals surface area contributed by atoms with Gasteiger partial charge in [0, 0.05) is 37.3 Å². The van der Waals surface area contributed by atoms with E-state index >= 15 is 0 Å². The standard InChI is InChI=1S/C12H19ClN2O2S2/c1-2-14-10-12(8-11(14)9-13)19(16,17)15-4-3-6-18-7-5-15/h8,10H,2-7,9H2,1H3. The Kier molecular flexibility index (Phi) is 5.22. The normalized spacial score (nSPS) is 18.4. The van der Waals surface area contributed by atoms with Crippen LogP contribution in [0.4, 0.5) is 0 Å². The van der Waals surface area contributed by atoms with Gasteiger partial charge in [-0.2, -0.15) is 16.1 Å². The maximum atomic E-state index is 12.6. The van der Waals surface area contributed by atoms with Crippen molar-refractivity contribution < 1.29 is 8.42 Å². The fraction of sp³-hybridized carbons (Fsp3) is 0.667. The number of alkyl halides is 1. The van der Waals surface area contributed by atoms with Gasteiger partial charge in [0.15, 0.2) is 0 Å². The van der Waals surface area contributed by atoms with Gasteiger partial charge < -0.3 is 4.57 Å². The van der Waals surface area contributed by atoms with Crippen LogP contribution in [0.3, 0.4) is 0 Å². The molecule has 1 aliphatic heterocycles. The van der Waals surface area contributed by atoms with Crippen LogP contribution in [0.1, 0.15) is 19.0 Å². The molecule has 0 aromatic carbocycles. The molecule has 0 bridgehead atoms. The van der Waals surface area contributed by atoms with Crippen LogP contribution in [0.5, 0.6) is 0 Å². The fourth-order valence-electron chi connectivity index (χ4n) is 2.18. The van der Waals surface area contributed by atoms with Crippen molar-refractivity contribution in [2.75, 3.05) is 24.6 Å². The van der Waals surface area contributed by atoms with E-state index in [9.17, 15) is 8.42 Å². The first-order chi connectivity index (χ1) is 9.09. The summed E-state index contributed by atoms with van der Waals surface area (Å²) in [4.78, 5) is 0.372. The minimum atomic E-state index is -3.37. The van der Waals surface area contributed by atoms with E-state index in [1.807, 2.05) is 23.3 Å². The number of aromatic nitrogens is 1. The number of sulfonamides is 1. The van der Waals surface area contributed by atoms with Gasteiger partial charge in [-0.3, -0.25) is 0 Å². The number of nitrogens with zero attached hydrogens (tertiary/aromatic N) is 2. The smallest absolute Gasteiger partial charge is 0.244 e. The second-order valence-electron chi connectivity index (χ2n) is 4.46. The number of aryl methyl sites for hydroxylation is 1. The SMILES string of the molecule is CCn1cc(S(=O)(=O)N2CCCSCC2)cc1CCl. The largest absolute Gasteiger partial charge is 0.349 e. The van der Waals surface area contributed by atoms with Crippen LogP contribution in [-0.4, -0.2) is 41.9 Å². The van der Waals surface area contributed by atoms with Crippen molar-refractivity contribution in [2.45, 2.75) is 30.7 Å². The monoisotopic (exact) mass is 322 g/mol. The van der Waals surface area contributed by atoms with Crippen LogP contribution in [0, 0.1) is 0 Å². The van der Waals surface area contributed by atoms with Crippen molar-refractivity contribution >= 4 is 33.4 Å². The molecule has 1 saturated heterocycles. The third kappa shape index (κ3) is 3.29. The molecule has 19 heavy (non-hydrogen) atoms. The second kappa shape index (κ2) is 6.52. The number of halogens is 1. The molecular weight excluding hydrogens is 304 g/mol. The molecule has 0 spiro atoms. The summed E-state index contributed by atoms with van der Waals surface area (Å²) in [5.74, 6) is 2.24. The van der Waals surface area contributed by atoms with E-state index in [1.165, 1.54) is 0 Å². The Morgan fingerprint density at radius 3 is 2.79 bits per heavy atom. The summed E-state index contributed by atoms with van der Waals surface area (Å²) in [5.41, 5.74) is 0.854. The van der Waals surface area contributed by atoms with E-state index in [1.54, 1.807) is 16.6 Å². The molecule has 4 nitrogen and oxygen atoms in total. The van der Waals surface area contributed by atoms with E-state index in [4.69, 9.17) is 11.6 Å². The van der Waals surface area contributed by atoms with E-state index < -0.39 is 10.0 Å². The predicted molar refractivity (Wildman–Crippen MR) is 80.4 cm³/mol. The Morgan fingerprint density at radius 1 is 1.37 bits per heavy atom. The Hall–Kier alpha value is -0.170. The van der Waals surface area contributed by atoms with Gasteiger partial charge in [0.1, 0.15) is 4.90 Å². The molecule has 108 valence electrons. The minimum Gasteiger partial charge on any atom is -0.349 e. The average Bonchev–Trinajstić information content (AvgIpc) is 2.63. The molecule has 0 N–H and O–H groups in total. The molecule has 0 radical (unpaired) electrons. The molecule has 7 heteroatoms. The lowest BCUT2D eigenvalue weighted by Crippen LogP contribution is -2.32. The van der Waals surface area contributed by atoms with Crippen LogP contribution in [0.15, 0.2) is 17.2 Å². The molecule has 1 aromatic heterocycles. The maximum Gasteiger partial charge on any atom is 0.244 e. The zero-order chi connectivity index (χ0) is 13.9. The summed E-state index contributed by atoms with van der Waals surface area (Å²) in [6.07, 6.45) is 2.62. The van der Waals surface area contributed by atoms with Crippen LogP contribution in [0.25, 0.3) is 0 Å². The van der Waals surface area contributed by atoms with E-state index in [2.05, 4.69) is 0 Å².